The van der Waals surface area contributed by atoms with Gasteiger partial charge in [-0.2, -0.15) is 0 Å². The van der Waals surface area contributed by atoms with Gasteiger partial charge in [0.15, 0.2) is 5.76 Å². The zero-order chi connectivity index (χ0) is 17.6. The second-order valence-corrected chi connectivity index (χ2v) is 5.82. The molecule has 3 rings (SSSR count). The monoisotopic (exact) mass is 360 g/mol. The molecule has 0 fully saturated rings. The summed E-state index contributed by atoms with van der Waals surface area (Å²) in [7, 11) is 0. The molecule has 1 amide bonds. The molecule has 1 N–H and O–H groups in total. The summed E-state index contributed by atoms with van der Waals surface area (Å²) in [6, 6.07) is 9.37. The summed E-state index contributed by atoms with van der Waals surface area (Å²) in [5, 5.41) is 21.5. The van der Waals surface area contributed by atoms with Gasteiger partial charge in [0.1, 0.15) is 5.69 Å². The minimum Gasteiger partial charge on any atom is -0.459 e. The summed E-state index contributed by atoms with van der Waals surface area (Å²) in [6.45, 7) is 0. The number of anilines is 1. The normalized spacial score (nSPS) is 10.6. The maximum atomic E-state index is 11.9. The molecule has 10 heteroatoms. The Bertz CT molecular complexity index is 878. The number of carbonyl (C=O) groups is 1. The number of amides is 1. The van der Waals surface area contributed by atoms with Crippen molar-refractivity contribution in [2.45, 2.75) is 11.6 Å². The first-order valence-corrected chi connectivity index (χ1v) is 8.15. The molecule has 2 heterocycles. The van der Waals surface area contributed by atoms with E-state index >= 15 is 0 Å². The summed E-state index contributed by atoms with van der Waals surface area (Å²) >= 11 is 1.21. The molecule has 0 saturated carbocycles. The van der Waals surface area contributed by atoms with E-state index in [0.29, 0.717) is 16.7 Å². The first-order chi connectivity index (χ1) is 12.1. The molecule has 25 heavy (non-hydrogen) atoms. The summed E-state index contributed by atoms with van der Waals surface area (Å²) in [4.78, 5) is 22.3. The lowest BCUT2D eigenvalue weighted by Crippen LogP contribution is -2.13. The van der Waals surface area contributed by atoms with E-state index in [0.717, 1.165) is 0 Å². The Hall–Kier alpha value is -3.14. The predicted octanol–water partition coefficient (Wildman–Crippen LogP) is 3.36. The van der Waals surface area contributed by atoms with E-state index in [4.69, 9.17) is 8.83 Å². The zero-order valence-corrected chi connectivity index (χ0v) is 13.6. The lowest BCUT2D eigenvalue weighted by molar-refractivity contribution is -0.383. The summed E-state index contributed by atoms with van der Waals surface area (Å²) in [5.41, 5.74) is 0.0175. The van der Waals surface area contributed by atoms with Crippen LogP contribution in [0.5, 0.6) is 0 Å². The number of aromatic nitrogens is 2. The van der Waals surface area contributed by atoms with Crippen molar-refractivity contribution < 1.29 is 18.6 Å². The fourth-order valence-electron chi connectivity index (χ4n) is 1.95. The summed E-state index contributed by atoms with van der Waals surface area (Å²) in [6.07, 6.45) is 1.63. The van der Waals surface area contributed by atoms with Gasteiger partial charge in [-0.05, 0) is 18.2 Å². The third kappa shape index (κ3) is 4.23. The molecule has 2 aromatic heterocycles. The fourth-order valence-corrected chi connectivity index (χ4v) is 2.65. The van der Waals surface area contributed by atoms with Crippen molar-refractivity contribution in [1.29, 1.82) is 0 Å². The van der Waals surface area contributed by atoms with Gasteiger partial charge >= 0.3 is 0 Å². The van der Waals surface area contributed by atoms with Crippen LogP contribution in [0.4, 0.5) is 11.4 Å². The number of thioether (sulfide) groups is 1. The molecule has 1 aromatic carbocycles. The molecule has 0 radical (unpaired) electrons. The number of carbonyl (C=O) groups excluding carboxylic acids is 1. The molecule has 3 aromatic rings. The Morgan fingerprint density at radius 1 is 1.24 bits per heavy atom. The molecule has 0 spiro atoms. The van der Waals surface area contributed by atoms with Crippen LogP contribution in [-0.4, -0.2) is 26.8 Å². The van der Waals surface area contributed by atoms with E-state index in [2.05, 4.69) is 15.5 Å². The quantitative estimate of drug-likeness (QED) is 0.386. The van der Waals surface area contributed by atoms with Crippen LogP contribution in [0.2, 0.25) is 0 Å². The molecule has 0 aliphatic heterocycles. The van der Waals surface area contributed by atoms with Crippen molar-refractivity contribution in [2.24, 2.45) is 0 Å². The van der Waals surface area contributed by atoms with Gasteiger partial charge in [-0.15, -0.1) is 10.2 Å². The first-order valence-electron chi connectivity index (χ1n) is 7.17. The van der Waals surface area contributed by atoms with Crippen LogP contribution < -0.4 is 5.32 Å². The lowest BCUT2D eigenvalue weighted by atomic mass is 10.2. The maximum absolute atomic E-state index is 11.9. The van der Waals surface area contributed by atoms with Gasteiger partial charge in [0.25, 0.3) is 16.8 Å². The second-order valence-electron chi connectivity index (χ2n) is 4.77. The number of nitro benzene ring substituents is 1. The average molecular weight is 360 g/mol. The summed E-state index contributed by atoms with van der Waals surface area (Å²) in [5.74, 6) is 0.768. The van der Waals surface area contributed by atoms with Crippen LogP contribution in [-0.2, 0) is 4.79 Å². The number of para-hydroxylation sites is 2. The van der Waals surface area contributed by atoms with Crippen molar-refractivity contribution in [2.75, 3.05) is 11.1 Å². The Labute approximate surface area is 145 Å². The Kier molecular flexibility index (Phi) is 5.09. The Morgan fingerprint density at radius 2 is 2.08 bits per heavy atom. The number of benzene rings is 1. The van der Waals surface area contributed by atoms with Gasteiger partial charge in [0, 0.05) is 18.2 Å². The number of hydrogen-bond donors (Lipinski definition) is 1. The third-order valence-electron chi connectivity index (χ3n) is 3.07. The van der Waals surface area contributed by atoms with E-state index in [9.17, 15) is 14.9 Å². The molecule has 0 aliphatic carbocycles. The van der Waals surface area contributed by atoms with Gasteiger partial charge in [0.2, 0.25) is 5.91 Å². The van der Waals surface area contributed by atoms with E-state index in [1.807, 2.05) is 0 Å². The average Bonchev–Trinajstić information content (AvgIpc) is 3.26. The minimum atomic E-state index is -0.543. The van der Waals surface area contributed by atoms with E-state index in [1.54, 1.807) is 18.2 Å². The van der Waals surface area contributed by atoms with E-state index in [-0.39, 0.29) is 29.6 Å². The van der Waals surface area contributed by atoms with Crippen LogP contribution in [0.15, 0.2) is 56.7 Å². The number of nitrogens with one attached hydrogen (secondary N) is 1. The molecule has 0 bridgehead atoms. The number of furan rings is 1. The van der Waals surface area contributed by atoms with Crippen LogP contribution in [0, 0.1) is 10.1 Å². The molecule has 9 nitrogen and oxygen atoms in total. The number of nitro groups is 1. The van der Waals surface area contributed by atoms with Gasteiger partial charge in [-0.25, -0.2) is 0 Å². The topological polar surface area (TPSA) is 124 Å². The molecule has 0 unspecified atom stereocenters. The van der Waals surface area contributed by atoms with Gasteiger partial charge in [0.05, 0.1) is 11.2 Å². The highest BCUT2D eigenvalue weighted by molar-refractivity contribution is 7.99. The molecule has 0 saturated heterocycles. The molecular formula is C15H12N4O5S. The Morgan fingerprint density at radius 3 is 2.84 bits per heavy atom. The van der Waals surface area contributed by atoms with Crippen molar-refractivity contribution in [3.63, 3.8) is 0 Å². The molecule has 0 aliphatic rings. The molecule has 0 atom stereocenters. The molecular weight excluding hydrogens is 348 g/mol. The fraction of sp³-hybridized carbons (Fsp3) is 0.133. The number of nitrogens with zero attached hydrogens (tertiary/aromatic N) is 3. The van der Waals surface area contributed by atoms with Crippen LogP contribution in [0.3, 0.4) is 0 Å². The van der Waals surface area contributed by atoms with E-state index in [1.165, 1.54) is 36.2 Å². The van der Waals surface area contributed by atoms with Crippen LogP contribution >= 0.6 is 11.8 Å². The smallest absolute Gasteiger partial charge is 0.292 e. The first kappa shape index (κ1) is 16.7. The zero-order valence-electron chi connectivity index (χ0n) is 12.7. The van der Waals surface area contributed by atoms with Crippen molar-refractivity contribution in [1.82, 2.24) is 10.2 Å². The van der Waals surface area contributed by atoms with Crippen molar-refractivity contribution in [3.8, 4) is 11.7 Å². The third-order valence-corrected chi connectivity index (χ3v) is 3.89. The summed E-state index contributed by atoms with van der Waals surface area (Å²) < 4.78 is 10.6. The Balaban J connectivity index is 1.51. The maximum Gasteiger partial charge on any atom is 0.292 e. The highest BCUT2D eigenvalue weighted by atomic mass is 32.2. The van der Waals surface area contributed by atoms with Crippen LogP contribution in [0.25, 0.3) is 11.7 Å². The van der Waals surface area contributed by atoms with Crippen molar-refractivity contribution in [3.05, 3.63) is 52.8 Å². The minimum absolute atomic E-state index is 0.134. The van der Waals surface area contributed by atoms with Gasteiger partial charge in [-0.3, -0.25) is 14.9 Å². The largest absolute Gasteiger partial charge is 0.459 e. The highest BCUT2D eigenvalue weighted by Crippen LogP contribution is 2.25. The van der Waals surface area contributed by atoms with Crippen LogP contribution in [0.1, 0.15) is 6.42 Å². The van der Waals surface area contributed by atoms with Gasteiger partial charge < -0.3 is 14.2 Å². The van der Waals surface area contributed by atoms with E-state index < -0.39 is 4.92 Å². The SMILES string of the molecule is O=C(CCSc1nnc(-c2ccco2)o1)Nc1ccccc1[N+](=O)[O-]. The highest BCUT2D eigenvalue weighted by Gasteiger charge is 2.15. The molecule has 128 valence electrons. The number of rotatable bonds is 7. The van der Waals surface area contributed by atoms with Gasteiger partial charge in [-0.1, -0.05) is 23.9 Å². The predicted molar refractivity (Wildman–Crippen MR) is 89.1 cm³/mol. The van der Waals surface area contributed by atoms with Crippen molar-refractivity contribution >= 4 is 29.0 Å². The number of hydrogen-bond acceptors (Lipinski definition) is 8. The lowest BCUT2D eigenvalue weighted by Gasteiger charge is -2.04. The second kappa shape index (κ2) is 7.62. The standard InChI is InChI=1S/C15H12N4O5S/c20-13(16-10-4-1-2-5-11(10)19(21)22)7-9-25-15-18-17-14(24-15)12-6-3-8-23-12/h1-6,8H,7,9H2,(H,16,20).